The van der Waals surface area contributed by atoms with Crippen molar-refractivity contribution in [2.24, 2.45) is 11.7 Å². The second-order valence-corrected chi connectivity index (χ2v) is 7.51. The minimum Gasteiger partial charge on any atom is -0.474 e. The van der Waals surface area contributed by atoms with E-state index in [-0.39, 0.29) is 29.4 Å². The highest BCUT2D eigenvalue weighted by molar-refractivity contribution is 6.02. The first-order valence-electron chi connectivity index (χ1n) is 9.69. The van der Waals surface area contributed by atoms with Crippen LogP contribution in [0.5, 0.6) is 5.88 Å². The Hall–Kier alpha value is -2.83. The van der Waals surface area contributed by atoms with Gasteiger partial charge in [-0.3, -0.25) is 10.1 Å². The van der Waals surface area contributed by atoms with Crippen LogP contribution in [0.3, 0.4) is 0 Å². The van der Waals surface area contributed by atoms with Crippen LogP contribution in [0.1, 0.15) is 29.4 Å². The smallest absolute Gasteiger partial charge is 0.394 e. The van der Waals surface area contributed by atoms with Crippen molar-refractivity contribution >= 4 is 11.6 Å². The Labute approximate surface area is 181 Å². The van der Waals surface area contributed by atoms with Gasteiger partial charge < -0.3 is 20.5 Å². The van der Waals surface area contributed by atoms with Crippen LogP contribution in [0.2, 0.25) is 0 Å². The minimum atomic E-state index is -4.59. The summed E-state index contributed by atoms with van der Waals surface area (Å²) in [6.07, 6.45) is -3.52. The summed E-state index contributed by atoms with van der Waals surface area (Å²) >= 11 is 0. The molecule has 2 heterocycles. The molecule has 4 N–H and O–H groups in total. The summed E-state index contributed by atoms with van der Waals surface area (Å²) in [5, 5.41) is 5.14. The van der Waals surface area contributed by atoms with Gasteiger partial charge in [-0.05, 0) is 31.5 Å². The number of hydrogen-bond donors (Lipinski definition) is 3. The van der Waals surface area contributed by atoms with Gasteiger partial charge in [-0.15, -0.1) is 0 Å². The van der Waals surface area contributed by atoms with Crippen LogP contribution in [-0.2, 0) is 10.3 Å². The number of carbonyl (C=O) groups excluding carboxylic acids is 1. The average Bonchev–Trinajstić information content (AvgIpc) is 3.05. The first kappa shape index (κ1) is 23.8. The van der Waals surface area contributed by atoms with E-state index in [1.165, 1.54) is 32.5 Å². The number of benzene rings is 1. The van der Waals surface area contributed by atoms with E-state index in [4.69, 9.17) is 15.2 Å². The molecule has 1 fully saturated rings. The van der Waals surface area contributed by atoms with Crippen molar-refractivity contribution in [3.05, 3.63) is 47.7 Å². The molecule has 1 aromatic heterocycles. The first-order chi connectivity index (χ1) is 15.0. The summed E-state index contributed by atoms with van der Waals surface area (Å²) in [6, 6.07) is 3.40. The Morgan fingerprint density at radius 3 is 2.69 bits per heavy atom. The largest absolute Gasteiger partial charge is 0.474 e. The molecule has 1 amide bonds. The standard InChI is InChI=1S/C20H23F4N5O3/c1-19(15(20(22,23)24)8-16(25)29-19)12-7-11(3-4-13(12)21)28-18(30)14-9-27-17(10-26-14)32-6-5-31-2/h3-4,7,9-10,15-16,29H,5-6,8,25H2,1-2H3,(H,28,30)/t15-,16?,19-/m0/s1. The van der Waals surface area contributed by atoms with Gasteiger partial charge in [0.05, 0.1) is 36.6 Å². The lowest BCUT2D eigenvalue weighted by Gasteiger charge is -2.34. The summed E-state index contributed by atoms with van der Waals surface area (Å²) in [5.41, 5.74) is 3.68. The normalized spacial score (nSPS) is 23.2. The zero-order valence-electron chi connectivity index (χ0n) is 17.4. The number of carbonyl (C=O) groups is 1. The Kier molecular flexibility index (Phi) is 6.96. The summed E-state index contributed by atoms with van der Waals surface area (Å²) in [4.78, 5) is 20.4. The maximum Gasteiger partial charge on any atom is 0.394 e. The zero-order valence-corrected chi connectivity index (χ0v) is 17.4. The highest BCUT2D eigenvalue weighted by Gasteiger charge is 2.57. The molecular formula is C20H23F4N5O3. The van der Waals surface area contributed by atoms with Crippen LogP contribution in [0.4, 0.5) is 23.2 Å². The molecule has 0 bridgehead atoms. The van der Waals surface area contributed by atoms with Crippen molar-refractivity contribution in [1.29, 1.82) is 0 Å². The summed E-state index contributed by atoms with van der Waals surface area (Å²) < 4.78 is 65.5. The zero-order chi connectivity index (χ0) is 23.5. The molecule has 1 saturated heterocycles. The van der Waals surface area contributed by atoms with Crippen molar-refractivity contribution < 1.29 is 31.8 Å². The predicted octanol–water partition coefficient (Wildman–Crippen LogP) is 2.57. The van der Waals surface area contributed by atoms with Gasteiger partial charge in [0, 0.05) is 18.4 Å². The third-order valence-corrected chi connectivity index (χ3v) is 5.25. The molecule has 3 atom stereocenters. The molecule has 0 radical (unpaired) electrons. The lowest BCUT2D eigenvalue weighted by atomic mass is 9.80. The number of aromatic nitrogens is 2. The van der Waals surface area contributed by atoms with Crippen LogP contribution in [0, 0.1) is 11.7 Å². The third kappa shape index (κ3) is 5.14. The van der Waals surface area contributed by atoms with E-state index in [0.717, 1.165) is 12.1 Å². The number of halogens is 4. The average molecular weight is 457 g/mol. The topological polar surface area (TPSA) is 111 Å². The number of nitrogens with one attached hydrogen (secondary N) is 2. The fraction of sp³-hybridized carbons (Fsp3) is 0.450. The van der Waals surface area contributed by atoms with Crippen molar-refractivity contribution in [3.8, 4) is 5.88 Å². The highest BCUT2D eigenvalue weighted by atomic mass is 19.4. The molecule has 2 aromatic rings. The number of nitrogens with two attached hydrogens (primary N) is 1. The Balaban J connectivity index is 1.79. The van der Waals surface area contributed by atoms with Crippen LogP contribution < -0.4 is 21.1 Å². The molecule has 0 saturated carbocycles. The van der Waals surface area contributed by atoms with Gasteiger partial charge >= 0.3 is 6.18 Å². The lowest BCUT2D eigenvalue weighted by molar-refractivity contribution is -0.188. The van der Waals surface area contributed by atoms with Crippen LogP contribution >= 0.6 is 0 Å². The second-order valence-electron chi connectivity index (χ2n) is 7.51. The maximum atomic E-state index is 14.6. The van der Waals surface area contributed by atoms with Crippen molar-refractivity contribution in [2.45, 2.75) is 31.2 Å². The highest BCUT2D eigenvalue weighted by Crippen LogP contribution is 2.47. The van der Waals surface area contributed by atoms with Gasteiger partial charge in [0.1, 0.15) is 18.1 Å². The quantitative estimate of drug-likeness (QED) is 0.433. The van der Waals surface area contributed by atoms with Crippen LogP contribution in [0.25, 0.3) is 0 Å². The summed E-state index contributed by atoms with van der Waals surface area (Å²) in [6.45, 7) is 1.85. The molecule has 0 spiro atoms. The van der Waals surface area contributed by atoms with E-state index < -0.39 is 41.9 Å². The van der Waals surface area contributed by atoms with Gasteiger partial charge in [0.15, 0.2) is 0 Å². The molecule has 174 valence electrons. The number of ether oxygens (including phenoxy) is 2. The monoisotopic (exact) mass is 457 g/mol. The van der Waals surface area contributed by atoms with Crippen LogP contribution in [-0.4, -0.2) is 48.5 Å². The number of nitrogens with zero attached hydrogens (tertiary/aromatic N) is 2. The fourth-order valence-corrected chi connectivity index (χ4v) is 3.69. The number of rotatable bonds is 7. The molecule has 32 heavy (non-hydrogen) atoms. The molecule has 8 nitrogen and oxygen atoms in total. The second kappa shape index (κ2) is 9.35. The third-order valence-electron chi connectivity index (χ3n) is 5.25. The predicted molar refractivity (Wildman–Crippen MR) is 106 cm³/mol. The van der Waals surface area contributed by atoms with Crippen LogP contribution in [0.15, 0.2) is 30.6 Å². The molecule has 1 aliphatic heterocycles. The van der Waals surface area contributed by atoms with Gasteiger partial charge in [-0.1, -0.05) is 0 Å². The lowest BCUT2D eigenvalue weighted by Crippen LogP contribution is -2.47. The van der Waals surface area contributed by atoms with Crippen molar-refractivity contribution in [2.75, 3.05) is 25.6 Å². The number of amides is 1. The van der Waals surface area contributed by atoms with E-state index in [9.17, 15) is 22.4 Å². The number of hydrogen-bond acceptors (Lipinski definition) is 7. The SMILES string of the molecule is COCCOc1cnc(C(=O)Nc2ccc(F)c([C@]3(C)NC(N)C[C@@H]3C(F)(F)F)c2)cn1. The molecule has 12 heteroatoms. The Morgan fingerprint density at radius 1 is 1.31 bits per heavy atom. The van der Waals surface area contributed by atoms with E-state index in [1.54, 1.807) is 0 Å². The maximum absolute atomic E-state index is 14.6. The number of methoxy groups -OCH3 is 1. The van der Waals surface area contributed by atoms with Gasteiger partial charge in [-0.25, -0.2) is 14.4 Å². The van der Waals surface area contributed by atoms with E-state index in [0.29, 0.717) is 6.61 Å². The van der Waals surface area contributed by atoms with Gasteiger partial charge in [0.2, 0.25) is 5.88 Å². The number of alkyl halides is 3. The van der Waals surface area contributed by atoms with E-state index in [1.807, 2.05) is 0 Å². The summed E-state index contributed by atoms with van der Waals surface area (Å²) in [5.74, 6) is -3.23. The molecule has 1 aromatic carbocycles. The molecule has 1 aliphatic rings. The van der Waals surface area contributed by atoms with Gasteiger partial charge in [-0.2, -0.15) is 13.2 Å². The van der Waals surface area contributed by atoms with Gasteiger partial charge in [0.25, 0.3) is 5.91 Å². The fourth-order valence-electron chi connectivity index (χ4n) is 3.69. The Morgan fingerprint density at radius 2 is 2.06 bits per heavy atom. The van der Waals surface area contributed by atoms with Crippen molar-refractivity contribution in [1.82, 2.24) is 15.3 Å². The van der Waals surface area contributed by atoms with E-state index in [2.05, 4.69) is 20.6 Å². The molecule has 3 rings (SSSR count). The number of anilines is 1. The molecular weight excluding hydrogens is 434 g/mol. The molecule has 0 aliphatic carbocycles. The first-order valence-corrected chi connectivity index (χ1v) is 9.69. The minimum absolute atomic E-state index is 0.0599. The summed E-state index contributed by atoms with van der Waals surface area (Å²) in [7, 11) is 1.52. The van der Waals surface area contributed by atoms with Crippen molar-refractivity contribution in [3.63, 3.8) is 0 Å². The Bertz CT molecular complexity index is 957. The van der Waals surface area contributed by atoms with E-state index >= 15 is 0 Å². The molecule has 1 unspecified atom stereocenters.